The Kier molecular flexibility index (Phi) is 2.71. The lowest BCUT2D eigenvalue weighted by Crippen LogP contribution is -2.12. The molecule has 1 heterocycles. The smallest absolute Gasteiger partial charge is 0.209 e. The summed E-state index contributed by atoms with van der Waals surface area (Å²) in [5.74, 6) is 0. The van der Waals surface area contributed by atoms with E-state index in [4.69, 9.17) is 16.9 Å². The van der Waals surface area contributed by atoms with Crippen molar-refractivity contribution in [1.82, 2.24) is 9.78 Å². The van der Waals surface area contributed by atoms with E-state index in [9.17, 15) is 4.79 Å². The van der Waals surface area contributed by atoms with E-state index in [-0.39, 0.29) is 16.3 Å². The van der Waals surface area contributed by atoms with Gasteiger partial charge < -0.3 is 0 Å². The zero-order chi connectivity index (χ0) is 11.5. The molecule has 0 unspecified atom stereocenters. The van der Waals surface area contributed by atoms with Crippen LogP contribution in [0.3, 0.4) is 0 Å². The highest BCUT2D eigenvalue weighted by molar-refractivity contribution is 6.29. The third-order valence-electron chi connectivity index (χ3n) is 2.03. The topological polar surface area (TPSA) is 58.7 Å². The number of nitriles is 1. The Bertz CT molecular complexity index is 613. The van der Waals surface area contributed by atoms with Gasteiger partial charge in [-0.1, -0.05) is 41.9 Å². The van der Waals surface area contributed by atoms with Gasteiger partial charge in [0.2, 0.25) is 11.6 Å². The maximum Gasteiger partial charge on any atom is 0.209 e. The molecule has 0 aliphatic carbocycles. The van der Waals surface area contributed by atoms with Gasteiger partial charge in [0.25, 0.3) is 0 Å². The van der Waals surface area contributed by atoms with Crippen molar-refractivity contribution >= 4 is 11.6 Å². The summed E-state index contributed by atoms with van der Waals surface area (Å²) in [7, 11) is 0. The molecule has 0 amide bonds. The number of hydrogen-bond acceptors (Lipinski definition) is 3. The number of halogens is 1. The summed E-state index contributed by atoms with van der Waals surface area (Å²) in [4.78, 5) is 11.6. The maximum absolute atomic E-state index is 11.6. The van der Waals surface area contributed by atoms with Crippen LogP contribution in [0.4, 0.5) is 0 Å². The van der Waals surface area contributed by atoms with Crippen LogP contribution in [0.25, 0.3) is 11.3 Å². The number of hydrogen-bond donors (Lipinski definition) is 0. The van der Waals surface area contributed by atoms with Crippen molar-refractivity contribution in [1.29, 1.82) is 5.26 Å². The first kappa shape index (κ1) is 10.4. The van der Waals surface area contributed by atoms with Crippen LogP contribution in [0.5, 0.6) is 0 Å². The third kappa shape index (κ3) is 1.81. The second-order valence-corrected chi connectivity index (χ2v) is 3.44. The van der Waals surface area contributed by atoms with Gasteiger partial charge in [-0.2, -0.15) is 15.0 Å². The Labute approximate surface area is 96.3 Å². The standard InChI is InChI=1S/C11H6ClN3O/c12-10-6-9(16)11(14-15(10)7-13)8-4-2-1-3-5-8/h1-6H. The van der Waals surface area contributed by atoms with E-state index in [0.717, 1.165) is 4.68 Å². The molecule has 1 aromatic carbocycles. The molecule has 1 aromatic heterocycles. The second kappa shape index (κ2) is 4.17. The monoisotopic (exact) mass is 231 g/mol. The van der Waals surface area contributed by atoms with Gasteiger partial charge in [-0.3, -0.25) is 4.79 Å². The minimum Gasteiger partial charge on any atom is -0.287 e. The quantitative estimate of drug-likeness (QED) is 0.753. The lowest BCUT2D eigenvalue weighted by atomic mass is 10.1. The van der Waals surface area contributed by atoms with Gasteiger partial charge in [0.15, 0.2) is 0 Å². The van der Waals surface area contributed by atoms with E-state index in [0.29, 0.717) is 5.56 Å². The molecule has 78 valence electrons. The summed E-state index contributed by atoms with van der Waals surface area (Å²) in [5.41, 5.74) is 0.572. The molecule has 0 aliphatic heterocycles. The number of benzene rings is 1. The Morgan fingerprint density at radius 1 is 1.31 bits per heavy atom. The van der Waals surface area contributed by atoms with E-state index in [1.54, 1.807) is 30.5 Å². The Hall–Kier alpha value is -2.12. The molecule has 0 fully saturated rings. The highest BCUT2D eigenvalue weighted by Crippen LogP contribution is 2.13. The molecule has 0 saturated carbocycles. The predicted octanol–water partition coefficient (Wildman–Crippen LogP) is 1.89. The van der Waals surface area contributed by atoms with Gasteiger partial charge in [-0.25, -0.2) is 0 Å². The Balaban J connectivity index is 2.68. The molecule has 0 bridgehead atoms. The molecule has 16 heavy (non-hydrogen) atoms. The Morgan fingerprint density at radius 2 is 2.00 bits per heavy atom. The lowest BCUT2D eigenvalue weighted by Gasteiger charge is -2.01. The number of nitrogens with zero attached hydrogens (tertiary/aromatic N) is 3. The summed E-state index contributed by atoms with van der Waals surface area (Å²) in [6.07, 6.45) is 1.77. The van der Waals surface area contributed by atoms with Gasteiger partial charge >= 0.3 is 0 Å². The lowest BCUT2D eigenvalue weighted by molar-refractivity contribution is 0.859. The Morgan fingerprint density at radius 3 is 2.62 bits per heavy atom. The molecular formula is C11H6ClN3O. The highest BCUT2D eigenvalue weighted by atomic mass is 35.5. The minimum absolute atomic E-state index is 0.00665. The summed E-state index contributed by atoms with van der Waals surface area (Å²) < 4.78 is 0.908. The van der Waals surface area contributed by atoms with Gasteiger partial charge in [-0.05, 0) is 0 Å². The van der Waals surface area contributed by atoms with E-state index < -0.39 is 0 Å². The van der Waals surface area contributed by atoms with E-state index >= 15 is 0 Å². The van der Waals surface area contributed by atoms with Crippen LogP contribution >= 0.6 is 11.6 Å². The van der Waals surface area contributed by atoms with Crippen LogP contribution in [0, 0.1) is 11.5 Å². The zero-order valence-corrected chi connectivity index (χ0v) is 8.85. The van der Waals surface area contributed by atoms with Crippen LogP contribution in [-0.2, 0) is 0 Å². The van der Waals surface area contributed by atoms with Gasteiger partial charge in [-0.15, -0.1) is 0 Å². The molecule has 0 saturated heterocycles. The van der Waals surface area contributed by atoms with Crippen molar-refractivity contribution < 1.29 is 0 Å². The van der Waals surface area contributed by atoms with E-state index in [1.807, 2.05) is 6.07 Å². The van der Waals surface area contributed by atoms with Crippen molar-refractivity contribution in [2.45, 2.75) is 0 Å². The second-order valence-electron chi connectivity index (χ2n) is 3.06. The number of rotatable bonds is 1. The maximum atomic E-state index is 11.6. The van der Waals surface area contributed by atoms with Gasteiger partial charge in [0.05, 0.1) is 0 Å². The minimum atomic E-state index is -0.303. The molecule has 2 aromatic rings. The summed E-state index contributed by atoms with van der Waals surface area (Å²) in [6, 6.07) is 10.1. The van der Waals surface area contributed by atoms with Crippen molar-refractivity contribution in [2.75, 3.05) is 0 Å². The molecule has 5 heteroatoms. The van der Waals surface area contributed by atoms with Crippen LogP contribution < -0.4 is 5.43 Å². The predicted molar refractivity (Wildman–Crippen MR) is 60.0 cm³/mol. The molecule has 0 atom stereocenters. The fourth-order valence-corrected chi connectivity index (χ4v) is 1.48. The molecule has 4 nitrogen and oxygen atoms in total. The number of aromatic nitrogens is 2. The van der Waals surface area contributed by atoms with Crippen molar-refractivity contribution in [3.63, 3.8) is 0 Å². The summed E-state index contributed by atoms with van der Waals surface area (Å²) >= 11 is 5.67. The first-order valence-corrected chi connectivity index (χ1v) is 4.85. The molecule has 0 aliphatic rings. The van der Waals surface area contributed by atoms with Crippen molar-refractivity contribution in [3.8, 4) is 17.5 Å². The van der Waals surface area contributed by atoms with Gasteiger partial charge in [0, 0.05) is 11.6 Å². The first-order chi connectivity index (χ1) is 7.72. The van der Waals surface area contributed by atoms with Crippen molar-refractivity contribution in [2.24, 2.45) is 0 Å². The molecule has 0 radical (unpaired) electrons. The van der Waals surface area contributed by atoms with E-state index in [2.05, 4.69) is 5.10 Å². The summed E-state index contributed by atoms with van der Waals surface area (Å²) in [6.45, 7) is 0. The molecule has 2 rings (SSSR count). The van der Waals surface area contributed by atoms with Crippen molar-refractivity contribution in [3.05, 3.63) is 51.8 Å². The summed E-state index contributed by atoms with van der Waals surface area (Å²) in [5, 5.41) is 12.6. The van der Waals surface area contributed by atoms with Crippen LogP contribution in [0.2, 0.25) is 5.15 Å². The normalized spacial score (nSPS) is 9.75. The average molecular weight is 232 g/mol. The fraction of sp³-hybridized carbons (Fsp3) is 0. The molecule has 0 spiro atoms. The largest absolute Gasteiger partial charge is 0.287 e. The fourth-order valence-electron chi connectivity index (χ4n) is 1.30. The average Bonchev–Trinajstić information content (AvgIpc) is 2.30. The molecule has 0 N–H and O–H groups in total. The highest BCUT2D eigenvalue weighted by Gasteiger charge is 2.08. The third-order valence-corrected chi connectivity index (χ3v) is 2.30. The molecular weight excluding hydrogens is 226 g/mol. The zero-order valence-electron chi connectivity index (χ0n) is 8.09. The van der Waals surface area contributed by atoms with Crippen LogP contribution in [-0.4, -0.2) is 9.78 Å². The van der Waals surface area contributed by atoms with Gasteiger partial charge in [0.1, 0.15) is 10.8 Å². The first-order valence-electron chi connectivity index (χ1n) is 4.48. The SMILES string of the molecule is N#Cn1nc(-c2ccccc2)c(=O)cc1Cl. The van der Waals surface area contributed by atoms with Crippen LogP contribution in [0.1, 0.15) is 0 Å². The van der Waals surface area contributed by atoms with Crippen LogP contribution in [0.15, 0.2) is 41.2 Å². The van der Waals surface area contributed by atoms with E-state index in [1.165, 1.54) is 6.07 Å².